The molecule has 0 unspecified atom stereocenters. The van der Waals surface area contributed by atoms with Gasteiger partial charge < -0.3 is 10.2 Å². The summed E-state index contributed by atoms with van der Waals surface area (Å²) >= 11 is 0. The van der Waals surface area contributed by atoms with Crippen LogP contribution >= 0.6 is 0 Å². The number of nitrogens with one attached hydrogen (secondary N) is 1. The van der Waals surface area contributed by atoms with Crippen LogP contribution in [0.4, 0.5) is 5.82 Å². The highest BCUT2D eigenvalue weighted by atomic mass is 16.2. The van der Waals surface area contributed by atoms with Crippen LogP contribution in [0.5, 0.6) is 0 Å². The molecular formula is C17H24N4O. The van der Waals surface area contributed by atoms with Gasteiger partial charge in [-0.2, -0.15) is 0 Å². The van der Waals surface area contributed by atoms with E-state index in [4.69, 9.17) is 4.98 Å². The number of rotatable bonds is 4. The highest BCUT2D eigenvalue weighted by Gasteiger charge is 2.31. The van der Waals surface area contributed by atoms with Crippen LogP contribution < -0.4 is 10.2 Å². The van der Waals surface area contributed by atoms with Gasteiger partial charge in [0.25, 0.3) is 0 Å². The van der Waals surface area contributed by atoms with Crippen LogP contribution in [0.3, 0.4) is 0 Å². The lowest BCUT2D eigenvalue weighted by molar-refractivity contribution is -0.125. The Bertz CT molecular complexity index is 572. The number of hydrogen-bond acceptors (Lipinski definition) is 4. The fourth-order valence-corrected chi connectivity index (χ4v) is 3.18. The number of aryl methyl sites for hydroxylation is 1. The molecule has 1 aliphatic heterocycles. The van der Waals surface area contributed by atoms with Gasteiger partial charge in [-0.05, 0) is 45.4 Å². The van der Waals surface area contributed by atoms with Crippen molar-refractivity contribution in [3.8, 4) is 0 Å². The molecule has 1 amide bonds. The van der Waals surface area contributed by atoms with Crippen LogP contribution in [-0.4, -0.2) is 35.0 Å². The number of carbonyl (C=O) groups is 1. The van der Waals surface area contributed by atoms with E-state index in [0.717, 1.165) is 56.1 Å². The van der Waals surface area contributed by atoms with Crippen molar-refractivity contribution >= 4 is 11.7 Å². The van der Waals surface area contributed by atoms with Gasteiger partial charge >= 0.3 is 0 Å². The maximum Gasteiger partial charge on any atom is 0.223 e. The predicted molar refractivity (Wildman–Crippen MR) is 84.8 cm³/mol. The summed E-state index contributed by atoms with van der Waals surface area (Å²) in [5, 5.41) is 3.14. The van der Waals surface area contributed by atoms with Crippen LogP contribution in [0.1, 0.15) is 56.0 Å². The molecule has 0 spiro atoms. The first-order chi connectivity index (χ1) is 10.7. The summed E-state index contributed by atoms with van der Waals surface area (Å²) in [6.07, 6.45) is 6.64. The quantitative estimate of drug-likeness (QED) is 0.926. The van der Waals surface area contributed by atoms with Gasteiger partial charge in [-0.15, -0.1) is 0 Å². The maximum absolute atomic E-state index is 12.1. The lowest BCUT2D eigenvalue weighted by Crippen LogP contribution is -2.41. The molecule has 5 nitrogen and oxygen atoms in total. The van der Waals surface area contributed by atoms with Crippen LogP contribution in [0.2, 0.25) is 0 Å². The molecule has 0 atom stereocenters. The summed E-state index contributed by atoms with van der Waals surface area (Å²) in [6, 6.07) is 2.55. The van der Waals surface area contributed by atoms with E-state index in [1.807, 2.05) is 6.92 Å². The maximum atomic E-state index is 12.1. The first-order valence-corrected chi connectivity index (χ1v) is 8.60. The number of amides is 1. The van der Waals surface area contributed by atoms with E-state index in [2.05, 4.69) is 21.3 Å². The van der Waals surface area contributed by atoms with Crippen LogP contribution in [0.25, 0.3) is 0 Å². The summed E-state index contributed by atoms with van der Waals surface area (Å²) in [7, 11) is 0. The Morgan fingerprint density at radius 2 is 1.86 bits per heavy atom. The molecule has 0 bridgehead atoms. The molecule has 0 radical (unpaired) electrons. The van der Waals surface area contributed by atoms with Crippen molar-refractivity contribution in [1.29, 1.82) is 0 Å². The van der Waals surface area contributed by atoms with Crippen LogP contribution in [0.15, 0.2) is 6.07 Å². The number of piperidine rings is 1. The Morgan fingerprint density at radius 1 is 1.14 bits per heavy atom. The van der Waals surface area contributed by atoms with Crippen molar-refractivity contribution in [2.45, 2.75) is 57.4 Å². The van der Waals surface area contributed by atoms with Gasteiger partial charge in [0, 0.05) is 42.7 Å². The molecule has 22 heavy (non-hydrogen) atoms. The fourth-order valence-electron chi connectivity index (χ4n) is 3.18. The van der Waals surface area contributed by atoms with Crippen molar-refractivity contribution in [2.24, 2.45) is 5.92 Å². The number of carbonyl (C=O) groups excluding carboxylic acids is 1. The van der Waals surface area contributed by atoms with Gasteiger partial charge in [-0.25, -0.2) is 9.97 Å². The minimum absolute atomic E-state index is 0.183. The number of aromatic nitrogens is 2. The average molecular weight is 300 g/mol. The highest BCUT2D eigenvalue weighted by molar-refractivity contribution is 5.79. The SMILES string of the molecule is Cc1cc(N2CCC(C(=O)NC3CC3)CC2)nc(C2CC2)n1. The third kappa shape index (κ3) is 3.08. The van der Waals surface area contributed by atoms with E-state index in [9.17, 15) is 4.79 Å². The van der Waals surface area contributed by atoms with Gasteiger partial charge in [-0.3, -0.25) is 4.79 Å². The summed E-state index contributed by atoms with van der Waals surface area (Å²) in [5.41, 5.74) is 1.06. The van der Waals surface area contributed by atoms with E-state index in [-0.39, 0.29) is 11.8 Å². The van der Waals surface area contributed by atoms with Crippen molar-refractivity contribution in [1.82, 2.24) is 15.3 Å². The largest absolute Gasteiger partial charge is 0.356 e. The summed E-state index contributed by atoms with van der Waals surface area (Å²) in [4.78, 5) is 23.8. The summed E-state index contributed by atoms with van der Waals surface area (Å²) in [5.74, 6) is 3.10. The third-order valence-corrected chi connectivity index (χ3v) is 4.91. The third-order valence-electron chi connectivity index (χ3n) is 4.91. The molecule has 2 saturated carbocycles. The Balaban J connectivity index is 1.39. The molecule has 2 heterocycles. The van der Waals surface area contributed by atoms with Gasteiger partial charge in [-0.1, -0.05) is 0 Å². The predicted octanol–water partition coefficient (Wildman–Crippen LogP) is 2.16. The smallest absolute Gasteiger partial charge is 0.223 e. The van der Waals surface area contributed by atoms with Gasteiger partial charge in [0.2, 0.25) is 5.91 Å². The van der Waals surface area contributed by atoms with Crippen molar-refractivity contribution in [3.05, 3.63) is 17.6 Å². The van der Waals surface area contributed by atoms with E-state index >= 15 is 0 Å². The van der Waals surface area contributed by atoms with E-state index in [0.29, 0.717) is 12.0 Å². The number of hydrogen-bond donors (Lipinski definition) is 1. The molecule has 1 saturated heterocycles. The molecule has 2 aliphatic carbocycles. The van der Waals surface area contributed by atoms with E-state index < -0.39 is 0 Å². The van der Waals surface area contributed by atoms with E-state index in [1.165, 1.54) is 12.8 Å². The second-order valence-electron chi connectivity index (χ2n) is 7.04. The fraction of sp³-hybridized carbons (Fsp3) is 0.706. The molecule has 5 heteroatoms. The van der Waals surface area contributed by atoms with E-state index in [1.54, 1.807) is 0 Å². The van der Waals surface area contributed by atoms with Crippen LogP contribution in [0, 0.1) is 12.8 Å². The van der Waals surface area contributed by atoms with Gasteiger partial charge in [0.15, 0.2) is 0 Å². The zero-order chi connectivity index (χ0) is 15.1. The second kappa shape index (κ2) is 5.52. The summed E-state index contributed by atoms with van der Waals surface area (Å²) in [6.45, 7) is 3.89. The zero-order valence-corrected chi connectivity index (χ0v) is 13.2. The molecule has 1 aromatic heterocycles. The molecule has 118 valence electrons. The molecule has 0 aromatic carbocycles. The lowest BCUT2D eigenvalue weighted by atomic mass is 9.96. The molecule has 3 aliphatic rings. The normalized spacial score (nSPS) is 22.7. The van der Waals surface area contributed by atoms with Crippen LogP contribution in [-0.2, 0) is 4.79 Å². The molecule has 1 N–H and O–H groups in total. The molecule has 3 fully saturated rings. The Labute approximate surface area is 131 Å². The standard InChI is InChI=1S/C17H24N4O/c1-11-10-15(20-16(18-11)12-2-3-12)21-8-6-13(7-9-21)17(22)19-14-4-5-14/h10,12-14H,2-9H2,1H3,(H,19,22). The Morgan fingerprint density at radius 3 is 2.50 bits per heavy atom. The highest BCUT2D eigenvalue weighted by Crippen LogP contribution is 2.38. The monoisotopic (exact) mass is 300 g/mol. The summed E-state index contributed by atoms with van der Waals surface area (Å²) < 4.78 is 0. The molecule has 4 rings (SSSR count). The zero-order valence-electron chi connectivity index (χ0n) is 13.2. The van der Waals surface area contributed by atoms with Gasteiger partial charge in [0.1, 0.15) is 11.6 Å². The number of nitrogens with zero attached hydrogens (tertiary/aromatic N) is 3. The second-order valence-corrected chi connectivity index (χ2v) is 7.04. The average Bonchev–Trinajstić information content (AvgIpc) is 3.40. The minimum Gasteiger partial charge on any atom is -0.356 e. The minimum atomic E-state index is 0.183. The number of anilines is 1. The molecular weight excluding hydrogens is 276 g/mol. The topological polar surface area (TPSA) is 58.1 Å². The first kappa shape index (κ1) is 14.0. The Kier molecular flexibility index (Phi) is 3.51. The Hall–Kier alpha value is -1.65. The first-order valence-electron chi connectivity index (χ1n) is 8.60. The van der Waals surface area contributed by atoms with Crippen molar-refractivity contribution in [3.63, 3.8) is 0 Å². The van der Waals surface area contributed by atoms with Crippen molar-refractivity contribution < 1.29 is 4.79 Å². The molecule has 1 aromatic rings. The lowest BCUT2D eigenvalue weighted by Gasteiger charge is -2.32. The van der Waals surface area contributed by atoms with Gasteiger partial charge in [0.05, 0.1) is 0 Å². The van der Waals surface area contributed by atoms with Crippen molar-refractivity contribution in [2.75, 3.05) is 18.0 Å².